The average Bonchev–Trinajstić information content (AvgIpc) is 2.91. The largest absolute Gasteiger partial charge is 0.349 e. The standard InChI is InChI=1S/C13H16N4O2S/c1-16-4-2-9(3-5-16)15-11(18)10-8-14-13-17(12(10)19)6-7-20-13/h6-9H,2-5H2,1H3,(H,15,18). The molecule has 1 N–H and O–H groups in total. The SMILES string of the molecule is CN1CCC(NC(=O)c2cnc3sccn3c2=O)CC1. The Bertz CT molecular complexity index is 685. The zero-order valence-electron chi connectivity index (χ0n) is 11.2. The van der Waals surface area contributed by atoms with E-state index in [1.165, 1.54) is 21.9 Å². The topological polar surface area (TPSA) is 66.7 Å². The second-order valence-electron chi connectivity index (χ2n) is 5.08. The van der Waals surface area contributed by atoms with Crippen molar-refractivity contribution in [3.8, 4) is 0 Å². The first kappa shape index (κ1) is 13.3. The third-order valence-electron chi connectivity index (χ3n) is 3.64. The van der Waals surface area contributed by atoms with Gasteiger partial charge in [0.1, 0.15) is 5.56 Å². The van der Waals surface area contributed by atoms with E-state index < -0.39 is 0 Å². The first-order valence-corrected chi connectivity index (χ1v) is 7.47. The summed E-state index contributed by atoms with van der Waals surface area (Å²) in [7, 11) is 2.07. The molecule has 0 radical (unpaired) electrons. The second-order valence-corrected chi connectivity index (χ2v) is 5.96. The normalized spacial score (nSPS) is 17.4. The lowest BCUT2D eigenvalue weighted by molar-refractivity contribution is 0.0915. The van der Waals surface area contributed by atoms with E-state index in [2.05, 4.69) is 22.2 Å². The molecule has 0 aromatic carbocycles. The number of nitrogens with zero attached hydrogens (tertiary/aromatic N) is 3. The number of thiazole rings is 1. The molecule has 0 aliphatic carbocycles. The molecule has 1 saturated heterocycles. The number of piperidine rings is 1. The van der Waals surface area contributed by atoms with Gasteiger partial charge in [-0.25, -0.2) is 4.98 Å². The molecule has 1 aliphatic heterocycles. The number of hydrogen-bond acceptors (Lipinski definition) is 5. The third kappa shape index (κ3) is 2.46. The highest BCUT2D eigenvalue weighted by Gasteiger charge is 2.21. The third-order valence-corrected chi connectivity index (χ3v) is 4.41. The molecule has 6 nitrogen and oxygen atoms in total. The van der Waals surface area contributed by atoms with Crippen LogP contribution < -0.4 is 10.9 Å². The summed E-state index contributed by atoms with van der Waals surface area (Å²) in [5, 5.41) is 4.72. The second kappa shape index (κ2) is 5.34. The Labute approximate surface area is 120 Å². The van der Waals surface area contributed by atoms with Gasteiger partial charge in [-0.05, 0) is 33.0 Å². The van der Waals surface area contributed by atoms with Crippen LogP contribution in [0.5, 0.6) is 0 Å². The van der Waals surface area contributed by atoms with Gasteiger partial charge in [0.25, 0.3) is 11.5 Å². The summed E-state index contributed by atoms with van der Waals surface area (Å²) in [5.41, 5.74) is -0.193. The van der Waals surface area contributed by atoms with E-state index in [0.29, 0.717) is 4.96 Å². The summed E-state index contributed by atoms with van der Waals surface area (Å²) < 4.78 is 1.41. The molecule has 0 spiro atoms. The molecule has 0 saturated carbocycles. The van der Waals surface area contributed by atoms with Crippen LogP contribution in [-0.4, -0.2) is 46.4 Å². The molecule has 1 amide bonds. The van der Waals surface area contributed by atoms with Crippen LogP contribution in [0.3, 0.4) is 0 Å². The van der Waals surface area contributed by atoms with E-state index in [4.69, 9.17) is 0 Å². The lowest BCUT2D eigenvalue weighted by Crippen LogP contribution is -2.44. The van der Waals surface area contributed by atoms with Gasteiger partial charge in [0.15, 0.2) is 4.96 Å². The summed E-state index contributed by atoms with van der Waals surface area (Å²) in [6.07, 6.45) is 4.84. The first-order chi connectivity index (χ1) is 9.65. The lowest BCUT2D eigenvalue weighted by Gasteiger charge is -2.29. The van der Waals surface area contributed by atoms with Crippen molar-refractivity contribution in [2.45, 2.75) is 18.9 Å². The van der Waals surface area contributed by atoms with Crippen LogP contribution in [0.2, 0.25) is 0 Å². The number of rotatable bonds is 2. The molecule has 0 unspecified atom stereocenters. The quantitative estimate of drug-likeness (QED) is 0.879. The van der Waals surface area contributed by atoms with Crippen molar-refractivity contribution in [3.05, 3.63) is 33.7 Å². The number of amides is 1. The number of fused-ring (bicyclic) bond motifs is 1. The van der Waals surface area contributed by atoms with E-state index in [9.17, 15) is 9.59 Å². The summed E-state index contributed by atoms with van der Waals surface area (Å²) in [4.78, 5) is 31.4. The molecule has 3 heterocycles. The van der Waals surface area contributed by atoms with Crippen molar-refractivity contribution in [1.82, 2.24) is 19.6 Å². The smallest absolute Gasteiger partial charge is 0.271 e. The van der Waals surface area contributed by atoms with Crippen molar-refractivity contribution in [2.24, 2.45) is 0 Å². The molecule has 1 fully saturated rings. The van der Waals surface area contributed by atoms with Crippen LogP contribution >= 0.6 is 11.3 Å². The minimum atomic E-state index is -0.322. The molecular formula is C13H16N4O2S. The summed E-state index contributed by atoms with van der Waals surface area (Å²) in [6.45, 7) is 1.93. The Morgan fingerprint density at radius 2 is 2.20 bits per heavy atom. The van der Waals surface area contributed by atoms with Crippen LogP contribution in [0.1, 0.15) is 23.2 Å². The van der Waals surface area contributed by atoms with Crippen molar-refractivity contribution < 1.29 is 4.79 Å². The Kier molecular flexibility index (Phi) is 3.54. The lowest BCUT2D eigenvalue weighted by atomic mass is 10.1. The van der Waals surface area contributed by atoms with Gasteiger partial charge in [-0.2, -0.15) is 0 Å². The van der Waals surface area contributed by atoms with Gasteiger partial charge in [0.2, 0.25) is 0 Å². The van der Waals surface area contributed by atoms with Crippen molar-refractivity contribution in [2.75, 3.05) is 20.1 Å². The highest BCUT2D eigenvalue weighted by Crippen LogP contribution is 2.09. The fourth-order valence-electron chi connectivity index (χ4n) is 2.40. The number of carbonyl (C=O) groups is 1. The van der Waals surface area contributed by atoms with Gasteiger partial charge >= 0.3 is 0 Å². The Hall–Kier alpha value is -1.73. The summed E-state index contributed by atoms with van der Waals surface area (Å²) in [5.74, 6) is -0.322. The number of nitrogens with one attached hydrogen (secondary N) is 1. The fourth-order valence-corrected chi connectivity index (χ4v) is 3.07. The number of hydrogen-bond donors (Lipinski definition) is 1. The van der Waals surface area contributed by atoms with E-state index in [1.54, 1.807) is 11.6 Å². The molecule has 0 bridgehead atoms. The van der Waals surface area contributed by atoms with Crippen molar-refractivity contribution >= 4 is 22.2 Å². The van der Waals surface area contributed by atoms with Crippen LogP contribution in [0.4, 0.5) is 0 Å². The minimum Gasteiger partial charge on any atom is -0.349 e. The monoisotopic (exact) mass is 292 g/mol. The van der Waals surface area contributed by atoms with Gasteiger partial charge < -0.3 is 10.2 Å². The van der Waals surface area contributed by atoms with Crippen molar-refractivity contribution in [3.63, 3.8) is 0 Å². The van der Waals surface area contributed by atoms with E-state index in [1.807, 2.05) is 0 Å². The molecule has 7 heteroatoms. The minimum absolute atomic E-state index is 0.111. The van der Waals surface area contributed by atoms with Crippen LogP contribution in [-0.2, 0) is 0 Å². The van der Waals surface area contributed by atoms with Crippen LogP contribution in [0.25, 0.3) is 4.96 Å². The molecule has 20 heavy (non-hydrogen) atoms. The van der Waals surface area contributed by atoms with Crippen LogP contribution in [0, 0.1) is 0 Å². The molecular weight excluding hydrogens is 276 g/mol. The average molecular weight is 292 g/mol. The predicted molar refractivity (Wildman–Crippen MR) is 77.3 cm³/mol. The Morgan fingerprint density at radius 3 is 2.95 bits per heavy atom. The number of aromatic nitrogens is 2. The molecule has 106 valence electrons. The number of likely N-dealkylation sites (tertiary alicyclic amines) is 1. The van der Waals surface area contributed by atoms with Gasteiger partial charge in [-0.3, -0.25) is 14.0 Å². The maximum Gasteiger partial charge on any atom is 0.271 e. The van der Waals surface area contributed by atoms with Gasteiger partial charge in [-0.1, -0.05) is 0 Å². The van der Waals surface area contributed by atoms with E-state index in [-0.39, 0.29) is 23.1 Å². The summed E-state index contributed by atoms with van der Waals surface area (Å²) >= 11 is 1.37. The Morgan fingerprint density at radius 1 is 1.45 bits per heavy atom. The van der Waals surface area contributed by atoms with Gasteiger partial charge in [0.05, 0.1) is 0 Å². The van der Waals surface area contributed by atoms with Crippen LogP contribution in [0.15, 0.2) is 22.6 Å². The highest BCUT2D eigenvalue weighted by atomic mass is 32.1. The van der Waals surface area contributed by atoms with Gasteiger partial charge in [-0.15, -0.1) is 11.3 Å². The number of carbonyl (C=O) groups excluding carboxylic acids is 1. The summed E-state index contributed by atoms with van der Waals surface area (Å²) in [6, 6.07) is 0.140. The predicted octanol–water partition coefficient (Wildman–Crippen LogP) is 0.580. The van der Waals surface area contributed by atoms with Gasteiger partial charge in [0, 0.05) is 23.8 Å². The molecule has 1 aliphatic rings. The zero-order chi connectivity index (χ0) is 14.1. The zero-order valence-corrected chi connectivity index (χ0v) is 12.0. The molecule has 0 atom stereocenters. The first-order valence-electron chi connectivity index (χ1n) is 6.59. The molecule has 2 aromatic rings. The van der Waals surface area contributed by atoms with E-state index in [0.717, 1.165) is 25.9 Å². The van der Waals surface area contributed by atoms with E-state index >= 15 is 0 Å². The van der Waals surface area contributed by atoms with Crippen molar-refractivity contribution in [1.29, 1.82) is 0 Å². The fraction of sp³-hybridized carbons (Fsp3) is 0.462. The maximum absolute atomic E-state index is 12.2. The molecule has 3 rings (SSSR count). The Balaban J connectivity index is 1.78. The molecule has 2 aromatic heterocycles. The maximum atomic E-state index is 12.2. The highest BCUT2D eigenvalue weighted by molar-refractivity contribution is 7.15.